The molecule has 1 aliphatic rings. The van der Waals surface area contributed by atoms with E-state index in [0.717, 1.165) is 16.6 Å². The molecule has 0 aromatic carbocycles. The molecular weight excluding hydrogens is 242 g/mol. The van der Waals surface area contributed by atoms with Gasteiger partial charge in [-0.3, -0.25) is 9.97 Å². The molecule has 0 radical (unpaired) electrons. The second-order valence-corrected chi connectivity index (χ2v) is 6.26. The van der Waals surface area contributed by atoms with Crippen molar-refractivity contribution >= 4 is 11.8 Å². The first-order chi connectivity index (χ1) is 8.70. The smallest absolute Gasteiger partial charge is 0.0782 e. The highest BCUT2D eigenvalue weighted by Crippen LogP contribution is 2.28. The van der Waals surface area contributed by atoms with E-state index in [9.17, 15) is 0 Å². The van der Waals surface area contributed by atoms with Gasteiger partial charge in [0.25, 0.3) is 0 Å². The van der Waals surface area contributed by atoms with E-state index >= 15 is 0 Å². The maximum Gasteiger partial charge on any atom is 0.0782 e. The van der Waals surface area contributed by atoms with Crippen LogP contribution in [0, 0.1) is 6.92 Å². The molecule has 3 nitrogen and oxygen atoms in total. The number of hydrogen-bond acceptors (Lipinski definition) is 4. The Labute approximate surface area is 114 Å². The summed E-state index contributed by atoms with van der Waals surface area (Å²) in [7, 11) is 0. The summed E-state index contributed by atoms with van der Waals surface area (Å²) in [5, 5.41) is 4.58. The molecule has 0 amide bonds. The molecule has 2 rings (SSSR count). The van der Waals surface area contributed by atoms with Crippen LogP contribution in [0.15, 0.2) is 12.4 Å². The molecule has 0 aliphatic heterocycles. The minimum Gasteiger partial charge on any atom is -0.306 e. The Hall–Kier alpha value is -0.610. The predicted octanol–water partition coefficient (Wildman–Crippen LogP) is 3.11. The van der Waals surface area contributed by atoms with E-state index < -0.39 is 0 Å². The van der Waals surface area contributed by atoms with Crippen molar-refractivity contribution in [2.75, 3.05) is 6.26 Å². The first-order valence-electron chi connectivity index (χ1n) is 6.77. The van der Waals surface area contributed by atoms with Crippen LogP contribution in [0.5, 0.6) is 0 Å². The summed E-state index contributed by atoms with van der Waals surface area (Å²) in [4.78, 5) is 8.76. The van der Waals surface area contributed by atoms with Crippen molar-refractivity contribution in [3.63, 3.8) is 0 Å². The number of hydrogen-bond donors (Lipinski definition) is 1. The van der Waals surface area contributed by atoms with E-state index in [1.165, 1.54) is 25.7 Å². The summed E-state index contributed by atoms with van der Waals surface area (Å²) in [6, 6.07) is 0.944. The van der Waals surface area contributed by atoms with Crippen molar-refractivity contribution < 1.29 is 0 Å². The minimum atomic E-state index is 0.300. The van der Waals surface area contributed by atoms with Crippen molar-refractivity contribution in [1.82, 2.24) is 15.3 Å². The SMILES string of the molecule is CSC1CCC(NC(C)c2nccnc2C)CC1. The summed E-state index contributed by atoms with van der Waals surface area (Å²) in [5.74, 6) is 0. The molecule has 1 heterocycles. The molecule has 0 spiro atoms. The van der Waals surface area contributed by atoms with Crippen molar-refractivity contribution in [3.8, 4) is 0 Å². The van der Waals surface area contributed by atoms with E-state index in [1.807, 2.05) is 18.7 Å². The Morgan fingerprint density at radius 2 is 1.89 bits per heavy atom. The second-order valence-electron chi connectivity index (χ2n) is 5.12. The largest absolute Gasteiger partial charge is 0.306 e. The molecule has 1 atom stereocenters. The van der Waals surface area contributed by atoms with Gasteiger partial charge >= 0.3 is 0 Å². The van der Waals surface area contributed by atoms with Gasteiger partial charge in [-0.15, -0.1) is 0 Å². The van der Waals surface area contributed by atoms with Gasteiger partial charge in [0, 0.05) is 29.7 Å². The van der Waals surface area contributed by atoms with Crippen LogP contribution in [0.4, 0.5) is 0 Å². The highest BCUT2D eigenvalue weighted by molar-refractivity contribution is 7.99. The Kier molecular flexibility index (Phi) is 5.01. The van der Waals surface area contributed by atoms with Gasteiger partial charge in [0.2, 0.25) is 0 Å². The molecule has 1 saturated carbocycles. The number of nitrogens with one attached hydrogen (secondary N) is 1. The molecule has 0 bridgehead atoms. The van der Waals surface area contributed by atoms with E-state index in [2.05, 4.69) is 28.5 Å². The molecule has 100 valence electrons. The lowest BCUT2D eigenvalue weighted by Gasteiger charge is -2.30. The van der Waals surface area contributed by atoms with Gasteiger partial charge in [0.15, 0.2) is 0 Å². The third-order valence-electron chi connectivity index (χ3n) is 3.82. The number of rotatable bonds is 4. The van der Waals surface area contributed by atoms with Gasteiger partial charge in [-0.2, -0.15) is 11.8 Å². The first-order valence-corrected chi connectivity index (χ1v) is 8.06. The van der Waals surface area contributed by atoms with Crippen LogP contribution in [0.1, 0.15) is 50.0 Å². The van der Waals surface area contributed by atoms with Crippen molar-refractivity contribution in [2.24, 2.45) is 0 Å². The molecular formula is C14H23N3S. The summed E-state index contributed by atoms with van der Waals surface area (Å²) >= 11 is 2.02. The number of thioether (sulfide) groups is 1. The van der Waals surface area contributed by atoms with Gasteiger partial charge in [-0.05, 0) is 45.8 Å². The summed E-state index contributed by atoms with van der Waals surface area (Å²) in [6.07, 6.45) is 11.0. The van der Waals surface area contributed by atoms with E-state index in [1.54, 1.807) is 12.4 Å². The topological polar surface area (TPSA) is 37.8 Å². The monoisotopic (exact) mass is 265 g/mol. The number of aromatic nitrogens is 2. The maximum atomic E-state index is 4.45. The zero-order valence-electron chi connectivity index (χ0n) is 11.5. The van der Waals surface area contributed by atoms with Crippen LogP contribution in [0.25, 0.3) is 0 Å². The summed E-state index contributed by atoms with van der Waals surface area (Å²) < 4.78 is 0. The van der Waals surface area contributed by atoms with E-state index in [0.29, 0.717) is 12.1 Å². The van der Waals surface area contributed by atoms with Gasteiger partial charge in [0.1, 0.15) is 0 Å². The van der Waals surface area contributed by atoms with Crippen LogP contribution < -0.4 is 5.32 Å². The highest BCUT2D eigenvalue weighted by atomic mass is 32.2. The number of aryl methyl sites for hydroxylation is 1. The van der Waals surface area contributed by atoms with Crippen LogP contribution in [-0.4, -0.2) is 27.5 Å². The quantitative estimate of drug-likeness (QED) is 0.908. The van der Waals surface area contributed by atoms with Crippen LogP contribution >= 0.6 is 11.8 Å². The summed E-state index contributed by atoms with van der Waals surface area (Å²) in [5.41, 5.74) is 2.12. The average Bonchev–Trinajstić information content (AvgIpc) is 2.40. The lowest BCUT2D eigenvalue weighted by molar-refractivity contribution is 0.349. The lowest BCUT2D eigenvalue weighted by atomic mass is 9.94. The predicted molar refractivity (Wildman–Crippen MR) is 77.9 cm³/mol. The molecule has 1 fully saturated rings. The molecule has 1 aromatic rings. The van der Waals surface area contributed by atoms with Gasteiger partial charge in [-0.25, -0.2) is 0 Å². The molecule has 1 N–H and O–H groups in total. The van der Waals surface area contributed by atoms with E-state index in [4.69, 9.17) is 0 Å². The molecule has 1 aromatic heterocycles. The fourth-order valence-electron chi connectivity index (χ4n) is 2.74. The Morgan fingerprint density at radius 1 is 1.22 bits per heavy atom. The van der Waals surface area contributed by atoms with Crippen molar-refractivity contribution in [2.45, 2.75) is 56.9 Å². The van der Waals surface area contributed by atoms with Crippen LogP contribution in [0.2, 0.25) is 0 Å². The van der Waals surface area contributed by atoms with Crippen molar-refractivity contribution in [1.29, 1.82) is 0 Å². The average molecular weight is 265 g/mol. The minimum absolute atomic E-state index is 0.300. The second kappa shape index (κ2) is 6.53. The zero-order valence-corrected chi connectivity index (χ0v) is 12.3. The van der Waals surface area contributed by atoms with Gasteiger partial charge in [0.05, 0.1) is 11.4 Å². The van der Waals surface area contributed by atoms with Crippen LogP contribution in [-0.2, 0) is 0 Å². The fraction of sp³-hybridized carbons (Fsp3) is 0.714. The summed E-state index contributed by atoms with van der Waals surface area (Å²) in [6.45, 7) is 4.23. The Bertz CT molecular complexity index is 375. The standard InChI is InChI=1S/C14H23N3S/c1-10-14(16-9-8-15-10)11(2)17-12-4-6-13(18-3)7-5-12/h8-9,11-13,17H,4-7H2,1-3H3. The van der Waals surface area contributed by atoms with Crippen molar-refractivity contribution in [3.05, 3.63) is 23.8 Å². The molecule has 1 unspecified atom stereocenters. The third-order valence-corrected chi connectivity index (χ3v) is 4.96. The van der Waals surface area contributed by atoms with Gasteiger partial charge < -0.3 is 5.32 Å². The lowest BCUT2D eigenvalue weighted by Crippen LogP contribution is -2.36. The fourth-order valence-corrected chi connectivity index (χ4v) is 3.48. The van der Waals surface area contributed by atoms with Crippen LogP contribution in [0.3, 0.4) is 0 Å². The zero-order chi connectivity index (χ0) is 13.0. The molecule has 4 heteroatoms. The highest BCUT2D eigenvalue weighted by Gasteiger charge is 2.22. The normalized spacial score (nSPS) is 25.9. The Morgan fingerprint density at radius 3 is 2.50 bits per heavy atom. The first kappa shape index (κ1) is 13.8. The molecule has 18 heavy (non-hydrogen) atoms. The number of nitrogens with zero attached hydrogens (tertiary/aromatic N) is 2. The van der Waals surface area contributed by atoms with Gasteiger partial charge in [-0.1, -0.05) is 0 Å². The maximum absolute atomic E-state index is 4.45. The van der Waals surface area contributed by atoms with E-state index in [-0.39, 0.29) is 0 Å². The third kappa shape index (κ3) is 3.45. The molecule has 1 aliphatic carbocycles. The Balaban J connectivity index is 1.89. The molecule has 0 saturated heterocycles.